The Hall–Kier alpha value is -1.89. The Kier molecular flexibility index (Phi) is 5.18. The second-order valence-electron chi connectivity index (χ2n) is 5.00. The molecule has 1 saturated heterocycles. The first kappa shape index (κ1) is 17.0. The number of amides is 1. The number of hydrogen-bond acceptors (Lipinski definition) is 5. The Morgan fingerprint density at radius 3 is 2.88 bits per heavy atom. The standard InChI is InChI=1S/C17H14ClN3OS2/c1-3-8-21-15(22)14(9-12-6-4-5-7-13(12)18)24-17(21)20-16-19-11(2)10-23-16/h3-7,9-10H,1,8H2,2H3/b14-9-,20-17+. The van der Waals surface area contributed by atoms with Gasteiger partial charge < -0.3 is 0 Å². The lowest BCUT2D eigenvalue weighted by Gasteiger charge is -2.11. The Balaban J connectivity index is 1.96. The summed E-state index contributed by atoms with van der Waals surface area (Å²) >= 11 is 8.95. The maximum Gasteiger partial charge on any atom is 0.267 e. The number of carbonyl (C=O) groups is 1. The molecule has 0 radical (unpaired) electrons. The lowest BCUT2D eigenvalue weighted by molar-refractivity contribution is -0.121. The lowest BCUT2D eigenvalue weighted by Crippen LogP contribution is -2.29. The molecule has 3 rings (SSSR count). The first-order valence-electron chi connectivity index (χ1n) is 7.16. The van der Waals surface area contributed by atoms with E-state index in [0.717, 1.165) is 11.3 Å². The molecule has 1 aromatic carbocycles. The van der Waals surface area contributed by atoms with Gasteiger partial charge in [-0.1, -0.05) is 35.9 Å². The minimum atomic E-state index is -0.105. The van der Waals surface area contributed by atoms with Crippen LogP contribution in [0.1, 0.15) is 11.3 Å². The van der Waals surface area contributed by atoms with Crippen molar-refractivity contribution >= 4 is 57.0 Å². The number of amidine groups is 1. The van der Waals surface area contributed by atoms with E-state index in [-0.39, 0.29) is 5.91 Å². The quantitative estimate of drug-likeness (QED) is 0.564. The van der Waals surface area contributed by atoms with Crippen LogP contribution < -0.4 is 0 Å². The van der Waals surface area contributed by atoms with Gasteiger partial charge in [0.2, 0.25) is 5.13 Å². The number of thiazole rings is 1. The van der Waals surface area contributed by atoms with Crippen molar-refractivity contribution < 1.29 is 4.79 Å². The van der Waals surface area contributed by atoms with Gasteiger partial charge in [0, 0.05) is 16.9 Å². The van der Waals surface area contributed by atoms with Gasteiger partial charge in [-0.15, -0.1) is 17.9 Å². The number of aryl methyl sites for hydroxylation is 1. The molecule has 0 spiro atoms. The van der Waals surface area contributed by atoms with Crippen LogP contribution in [0.4, 0.5) is 5.13 Å². The molecular weight excluding hydrogens is 362 g/mol. The molecule has 0 bridgehead atoms. The zero-order valence-corrected chi connectivity index (χ0v) is 15.3. The molecule has 0 aliphatic carbocycles. The SMILES string of the molecule is C=CCN1C(=O)/C(=C/c2ccccc2Cl)S/C1=N/c1nc(C)cs1. The minimum absolute atomic E-state index is 0.105. The first-order chi connectivity index (χ1) is 11.6. The number of rotatable bonds is 4. The van der Waals surface area contributed by atoms with Crippen LogP contribution in [-0.4, -0.2) is 27.5 Å². The van der Waals surface area contributed by atoms with Crippen molar-refractivity contribution in [2.45, 2.75) is 6.92 Å². The number of aliphatic imine (C=N–C) groups is 1. The van der Waals surface area contributed by atoms with E-state index in [1.165, 1.54) is 23.1 Å². The highest BCUT2D eigenvalue weighted by molar-refractivity contribution is 8.18. The van der Waals surface area contributed by atoms with Crippen molar-refractivity contribution in [2.24, 2.45) is 4.99 Å². The van der Waals surface area contributed by atoms with Gasteiger partial charge in [-0.2, -0.15) is 4.99 Å². The molecule has 7 heteroatoms. The normalized spacial score (nSPS) is 17.9. The molecule has 1 aliphatic rings. The summed E-state index contributed by atoms with van der Waals surface area (Å²) in [6.45, 7) is 6.03. The van der Waals surface area contributed by atoms with E-state index in [4.69, 9.17) is 11.6 Å². The van der Waals surface area contributed by atoms with E-state index in [0.29, 0.717) is 26.8 Å². The van der Waals surface area contributed by atoms with Crippen molar-refractivity contribution in [3.63, 3.8) is 0 Å². The summed E-state index contributed by atoms with van der Waals surface area (Å²) in [6.07, 6.45) is 3.47. The summed E-state index contributed by atoms with van der Waals surface area (Å²) in [4.78, 5) is 23.7. The zero-order valence-electron chi connectivity index (χ0n) is 12.9. The number of carbonyl (C=O) groups excluding carboxylic acids is 1. The third-order valence-corrected chi connectivity index (χ3v) is 5.39. The monoisotopic (exact) mass is 375 g/mol. The smallest absolute Gasteiger partial charge is 0.267 e. The largest absolute Gasteiger partial charge is 0.282 e. The van der Waals surface area contributed by atoms with Gasteiger partial charge in [0.15, 0.2) is 5.17 Å². The predicted octanol–water partition coefficient (Wildman–Crippen LogP) is 4.89. The third-order valence-electron chi connectivity index (χ3n) is 3.19. The summed E-state index contributed by atoms with van der Waals surface area (Å²) in [6, 6.07) is 7.42. The van der Waals surface area contributed by atoms with Crippen LogP contribution in [-0.2, 0) is 4.79 Å². The van der Waals surface area contributed by atoms with Gasteiger partial charge in [0.1, 0.15) is 0 Å². The molecule has 4 nitrogen and oxygen atoms in total. The second kappa shape index (κ2) is 7.34. The van der Waals surface area contributed by atoms with E-state index < -0.39 is 0 Å². The summed E-state index contributed by atoms with van der Waals surface area (Å²) in [5.41, 5.74) is 1.72. The van der Waals surface area contributed by atoms with Crippen molar-refractivity contribution in [3.05, 3.63) is 63.5 Å². The number of halogens is 1. The number of aromatic nitrogens is 1. The van der Waals surface area contributed by atoms with Crippen LogP contribution in [0.5, 0.6) is 0 Å². The minimum Gasteiger partial charge on any atom is -0.282 e. The fourth-order valence-corrected chi connectivity index (χ4v) is 3.98. The van der Waals surface area contributed by atoms with Crippen molar-refractivity contribution in [2.75, 3.05) is 6.54 Å². The fourth-order valence-electron chi connectivity index (χ4n) is 2.09. The van der Waals surface area contributed by atoms with E-state index in [9.17, 15) is 4.79 Å². The highest BCUT2D eigenvalue weighted by Crippen LogP contribution is 2.35. The van der Waals surface area contributed by atoms with Crippen molar-refractivity contribution in [3.8, 4) is 0 Å². The molecule has 122 valence electrons. The molecular formula is C17H14ClN3OS2. The van der Waals surface area contributed by atoms with Crippen LogP contribution >= 0.6 is 34.7 Å². The lowest BCUT2D eigenvalue weighted by atomic mass is 10.2. The van der Waals surface area contributed by atoms with Gasteiger partial charge in [0.25, 0.3) is 5.91 Å². The van der Waals surface area contributed by atoms with Crippen LogP contribution in [0, 0.1) is 6.92 Å². The number of nitrogens with zero attached hydrogens (tertiary/aromatic N) is 3. The van der Waals surface area contributed by atoms with E-state index in [1.807, 2.05) is 30.5 Å². The molecule has 0 unspecified atom stereocenters. The van der Waals surface area contributed by atoms with E-state index >= 15 is 0 Å². The topological polar surface area (TPSA) is 45.6 Å². The maximum absolute atomic E-state index is 12.7. The molecule has 0 N–H and O–H groups in total. The Morgan fingerprint density at radius 1 is 1.42 bits per heavy atom. The number of thioether (sulfide) groups is 1. The van der Waals surface area contributed by atoms with Gasteiger partial charge in [0.05, 0.1) is 10.6 Å². The van der Waals surface area contributed by atoms with Gasteiger partial charge in [-0.25, -0.2) is 4.98 Å². The third kappa shape index (κ3) is 3.61. The fraction of sp³-hybridized carbons (Fsp3) is 0.118. The molecule has 1 aromatic heterocycles. The Labute approximate surface area is 153 Å². The molecule has 0 saturated carbocycles. The molecule has 0 atom stereocenters. The zero-order chi connectivity index (χ0) is 17.1. The molecule has 1 fully saturated rings. The predicted molar refractivity (Wildman–Crippen MR) is 103 cm³/mol. The average Bonchev–Trinajstić information content (AvgIpc) is 3.09. The summed E-state index contributed by atoms with van der Waals surface area (Å²) in [5.74, 6) is -0.105. The molecule has 2 heterocycles. The van der Waals surface area contributed by atoms with Gasteiger partial charge in [-0.3, -0.25) is 9.69 Å². The Bertz CT molecular complexity index is 857. The van der Waals surface area contributed by atoms with Gasteiger partial charge in [-0.05, 0) is 36.4 Å². The molecule has 1 aliphatic heterocycles. The van der Waals surface area contributed by atoms with Crippen LogP contribution in [0.3, 0.4) is 0 Å². The first-order valence-corrected chi connectivity index (χ1v) is 9.23. The highest BCUT2D eigenvalue weighted by Gasteiger charge is 2.33. The molecule has 2 aromatic rings. The Morgan fingerprint density at radius 2 is 2.21 bits per heavy atom. The number of benzene rings is 1. The number of hydrogen-bond donors (Lipinski definition) is 0. The summed E-state index contributed by atoms with van der Waals surface area (Å²) in [5, 5.41) is 3.78. The van der Waals surface area contributed by atoms with Crippen molar-refractivity contribution in [1.82, 2.24) is 9.88 Å². The van der Waals surface area contributed by atoms with Crippen LogP contribution in [0.2, 0.25) is 5.02 Å². The van der Waals surface area contributed by atoms with Crippen LogP contribution in [0.25, 0.3) is 6.08 Å². The summed E-state index contributed by atoms with van der Waals surface area (Å²) in [7, 11) is 0. The maximum atomic E-state index is 12.7. The van der Waals surface area contributed by atoms with Crippen LogP contribution in [0.15, 0.2) is 52.2 Å². The molecule has 24 heavy (non-hydrogen) atoms. The van der Waals surface area contributed by atoms with E-state index in [1.54, 1.807) is 23.1 Å². The van der Waals surface area contributed by atoms with Crippen molar-refractivity contribution in [1.29, 1.82) is 0 Å². The second-order valence-corrected chi connectivity index (χ2v) is 7.26. The highest BCUT2D eigenvalue weighted by atomic mass is 35.5. The van der Waals surface area contributed by atoms with E-state index in [2.05, 4.69) is 16.6 Å². The molecule has 1 amide bonds. The van der Waals surface area contributed by atoms with Gasteiger partial charge >= 0.3 is 0 Å². The average molecular weight is 376 g/mol. The summed E-state index contributed by atoms with van der Waals surface area (Å²) < 4.78 is 0.